The Balaban J connectivity index is 0.00000261. The van der Waals surface area contributed by atoms with Gasteiger partial charge in [-0.2, -0.15) is 0 Å². The molecule has 2 aromatic heterocycles. The second-order valence-corrected chi connectivity index (χ2v) is 7.77. The van der Waals surface area contributed by atoms with Gasteiger partial charge in [-0.3, -0.25) is 9.89 Å². The first-order valence-corrected chi connectivity index (χ1v) is 9.63. The van der Waals surface area contributed by atoms with Crippen LogP contribution in [-0.2, 0) is 6.54 Å². The molecule has 1 aliphatic rings. The molecule has 1 fully saturated rings. The van der Waals surface area contributed by atoms with Gasteiger partial charge < -0.3 is 15.0 Å². The summed E-state index contributed by atoms with van der Waals surface area (Å²) in [7, 11) is 1.82. The van der Waals surface area contributed by atoms with Crippen LogP contribution in [0.25, 0.3) is 5.65 Å². The molecule has 0 atom stereocenters. The second-order valence-electron chi connectivity index (χ2n) is 7.77. The lowest BCUT2D eigenvalue weighted by Crippen LogP contribution is -2.54. The third-order valence-corrected chi connectivity index (χ3v) is 5.31. The number of aryl methyl sites for hydroxylation is 1. The lowest BCUT2D eigenvalue weighted by atomic mass is 9.98. The molecule has 27 heavy (non-hydrogen) atoms. The number of guanidine groups is 1. The Morgan fingerprint density at radius 2 is 1.93 bits per heavy atom. The molecule has 0 bridgehead atoms. The van der Waals surface area contributed by atoms with E-state index in [1.54, 1.807) is 0 Å². The lowest BCUT2D eigenvalue weighted by Gasteiger charge is -2.41. The van der Waals surface area contributed by atoms with Gasteiger partial charge in [0.05, 0.1) is 12.2 Å². The first-order chi connectivity index (χ1) is 12.5. The second kappa shape index (κ2) is 9.73. The van der Waals surface area contributed by atoms with Crippen LogP contribution in [0.15, 0.2) is 29.4 Å². The highest BCUT2D eigenvalue weighted by molar-refractivity contribution is 14.0. The van der Waals surface area contributed by atoms with Gasteiger partial charge in [-0.05, 0) is 58.8 Å². The fourth-order valence-corrected chi connectivity index (χ4v) is 3.59. The summed E-state index contributed by atoms with van der Waals surface area (Å²) in [5, 5.41) is 6.87. The van der Waals surface area contributed by atoms with Crippen LogP contribution >= 0.6 is 24.0 Å². The van der Waals surface area contributed by atoms with Gasteiger partial charge in [-0.1, -0.05) is 12.5 Å². The quantitative estimate of drug-likeness (QED) is 0.389. The fourth-order valence-electron chi connectivity index (χ4n) is 3.59. The molecule has 0 aromatic carbocycles. The van der Waals surface area contributed by atoms with Crippen molar-refractivity contribution < 1.29 is 0 Å². The number of nitrogens with zero attached hydrogens (tertiary/aromatic N) is 4. The summed E-state index contributed by atoms with van der Waals surface area (Å²) >= 11 is 0. The highest BCUT2D eigenvalue weighted by Gasteiger charge is 2.27. The summed E-state index contributed by atoms with van der Waals surface area (Å²) in [5.41, 5.74) is 3.30. The summed E-state index contributed by atoms with van der Waals surface area (Å²) in [6.07, 6.45) is 6.07. The number of hydrogen-bond acceptors (Lipinski definition) is 3. The van der Waals surface area contributed by atoms with Gasteiger partial charge in [0.2, 0.25) is 0 Å². The van der Waals surface area contributed by atoms with Crippen molar-refractivity contribution in [3.05, 3.63) is 35.8 Å². The number of piperidine rings is 1. The molecule has 6 nitrogen and oxygen atoms in total. The molecule has 0 radical (unpaired) electrons. The molecule has 0 amide bonds. The monoisotopic (exact) mass is 484 g/mol. The van der Waals surface area contributed by atoms with Gasteiger partial charge in [0, 0.05) is 31.0 Å². The summed E-state index contributed by atoms with van der Waals surface area (Å²) in [5.74, 6) is 0.823. The molecule has 150 valence electrons. The molecular weight excluding hydrogens is 451 g/mol. The zero-order valence-electron chi connectivity index (χ0n) is 17.0. The van der Waals surface area contributed by atoms with E-state index in [-0.39, 0.29) is 29.5 Å². The molecule has 0 spiro atoms. The van der Waals surface area contributed by atoms with E-state index < -0.39 is 0 Å². The Bertz CT molecular complexity index is 761. The van der Waals surface area contributed by atoms with Crippen molar-refractivity contribution >= 4 is 35.6 Å². The SMILES string of the molecule is CN=C(NCc1cn2c(C)cccc2n1)NCC(C)(C)N1CCCCC1.I. The maximum absolute atomic E-state index is 4.67. The van der Waals surface area contributed by atoms with Gasteiger partial charge in [0.1, 0.15) is 5.65 Å². The number of likely N-dealkylation sites (tertiary alicyclic amines) is 1. The van der Waals surface area contributed by atoms with Crippen LogP contribution < -0.4 is 10.6 Å². The van der Waals surface area contributed by atoms with Crippen LogP contribution in [0.2, 0.25) is 0 Å². The minimum atomic E-state index is 0. The van der Waals surface area contributed by atoms with Gasteiger partial charge >= 0.3 is 0 Å². The molecule has 0 saturated carbocycles. The molecular formula is C20H33IN6. The Kier molecular flexibility index (Phi) is 7.91. The summed E-state index contributed by atoms with van der Waals surface area (Å²) in [6.45, 7) is 10.6. The normalized spacial score (nSPS) is 16.2. The highest BCUT2D eigenvalue weighted by Crippen LogP contribution is 2.19. The molecule has 1 saturated heterocycles. The molecule has 3 heterocycles. The average Bonchev–Trinajstić information content (AvgIpc) is 3.07. The largest absolute Gasteiger partial charge is 0.355 e. The number of halogens is 1. The van der Waals surface area contributed by atoms with Crippen molar-refractivity contribution in [2.45, 2.75) is 52.1 Å². The van der Waals surface area contributed by atoms with Crippen molar-refractivity contribution in [3.63, 3.8) is 0 Å². The van der Waals surface area contributed by atoms with E-state index in [2.05, 4.69) is 62.9 Å². The maximum Gasteiger partial charge on any atom is 0.191 e. The van der Waals surface area contributed by atoms with E-state index in [1.165, 1.54) is 38.0 Å². The summed E-state index contributed by atoms with van der Waals surface area (Å²) in [4.78, 5) is 11.6. The minimum Gasteiger partial charge on any atom is -0.355 e. The van der Waals surface area contributed by atoms with Crippen LogP contribution in [0.5, 0.6) is 0 Å². The summed E-state index contributed by atoms with van der Waals surface area (Å²) in [6, 6.07) is 6.16. The standard InChI is InChI=1S/C20H32N6.HI/c1-16-9-8-10-18-24-17(14-26(16)18)13-22-19(21-4)23-15-20(2,3)25-11-6-5-7-12-25;/h8-10,14H,5-7,11-13,15H2,1-4H3,(H2,21,22,23);1H. The van der Waals surface area contributed by atoms with Crippen molar-refractivity contribution in [2.75, 3.05) is 26.7 Å². The molecule has 2 aromatic rings. The first-order valence-electron chi connectivity index (χ1n) is 9.63. The number of imidazole rings is 1. The maximum atomic E-state index is 4.67. The van der Waals surface area contributed by atoms with Crippen LogP contribution in [0.3, 0.4) is 0 Å². The van der Waals surface area contributed by atoms with Gasteiger partial charge in [0.25, 0.3) is 0 Å². The Hall–Kier alpha value is -1.35. The molecule has 3 rings (SSSR count). The van der Waals surface area contributed by atoms with Gasteiger partial charge in [0.15, 0.2) is 5.96 Å². The van der Waals surface area contributed by atoms with Crippen LogP contribution in [0.4, 0.5) is 0 Å². The number of nitrogens with one attached hydrogen (secondary N) is 2. The van der Waals surface area contributed by atoms with Gasteiger partial charge in [-0.15, -0.1) is 24.0 Å². The van der Waals surface area contributed by atoms with Crippen molar-refractivity contribution in [1.29, 1.82) is 0 Å². The van der Waals surface area contributed by atoms with E-state index in [1.807, 2.05) is 19.2 Å². The smallest absolute Gasteiger partial charge is 0.191 e. The number of aromatic nitrogens is 2. The van der Waals surface area contributed by atoms with Gasteiger partial charge in [-0.25, -0.2) is 4.98 Å². The van der Waals surface area contributed by atoms with Crippen LogP contribution in [0.1, 0.15) is 44.5 Å². The number of fused-ring (bicyclic) bond motifs is 1. The third-order valence-electron chi connectivity index (χ3n) is 5.31. The zero-order chi connectivity index (χ0) is 18.6. The third kappa shape index (κ3) is 5.57. The number of rotatable bonds is 5. The predicted molar refractivity (Wildman–Crippen MR) is 123 cm³/mol. The zero-order valence-corrected chi connectivity index (χ0v) is 19.3. The molecule has 2 N–H and O–H groups in total. The average molecular weight is 484 g/mol. The lowest BCUT2D eigenvalue weighted by molar-refractivity contribution is 0.0982. The van der Waals surface area contributed by atoms with E-state index in [0.29, 0.717) is 6.54 Å². The summed E-state index contributed by atoms with van der Waals surface area (Å²) < 4.78 is 2.12. The van der Waals surface area contributed by atoms with Crippen LogP contribution in [-0.4, -0.2) is 52.5 Å². The highest BCUT2D eigenvalue weighted by atomic mass is 127. The minimum absolute atomic E-state index is 0. The first kappa shape index (κ1) is 21.9. The molecule has 0 unspecified atom stereocenters. The topological polar surface area (TPSA) is 57.0 Å². The van der Waals surface area contributed by atoms with E-state index in [9.17, 15) is 0 Å². The van der Waals surface area contributed by atoms with E-state index in [0.717, 1.165) is 23.8 Å². The number of pyridine rings is 1. The van der Waals surface area contributed by atoms with Crippen molar-refractivity contribution in [2.24, 2.45) is 4.99 Å². The Morgan fingerprint density at radius 1 is 1.19 bits per heavy atom. The van der Waals surface area contributed by atoms with Crippen LogP contribution in [0, 0.1) is 6.92 Å². The Labute approximate surface area is 179 Å². The Morgan fingerprint density at radius 3 is 2.59 bits per heavy atom. The number of aliphatic imine (C=N–C) groups is 1. The molecule has 0 aliphatic carbocycles. The molecule has 1 aliphatic heterocycles. The van der Waals surface area contributed by atoms with Crippen molar-refractivity contribution in [3.8, 4) is 0 Å². The van der Waals surface area contributed by atoms with E-state index >= 15 is 0 Å². The predicted octanol–water partition coefficient (Wildman–Crippen LogP) is 3.19. The fraction of sp³-hybridized carbons (Fsp3) is 0.600. The molecule has 7 heteroatoms. The number of hydrogen-bond donors (Lipinski definition) is 2. The van der Waals surface area contributed by atoms with E-state index in [4.69, 9.17) is 0 Å². The van der Waals surface area contributed by atoms with Crippen molar-refractivity contribution in [1.82, 2.24) is 24.9 Å².